The lowest BCUT2D eigenvalue weighted by Crippen LogP contribution is -2.41. The summed E-state index contributed by atoms with van der Waals surface area (Å²) in [4.78, 5) is 37.8. The van der Waals surface area contributed by atoms with E-state index < -0.39 is 16.8 Å². The average molecular weight is 608 g/mol. The second kappa shape index (κ2) is 9.78. The van der Waals surface area contributed by atoms with Crippen molar-refractivity contribution in [1.82, 2.24) is 5.01 Å². The minimum absolute atomic E-state index is 0.0227. The third-order valence-corrected chi connectivity index (χ3v) is 8.86. The van der Waals surface area contributed by atoms with Crippen molar-refractivity contribution in [3.8, 4) is 5.75 Å². The molecule has 1 saturated heterocycles. The fraction of sp³-hybridized carbons (Fsp3) is 0.156. The monoisotopic (exact) mass is 607 g/mol. The molecule has 0 aromatic heterocycles. The van der Waals surface area contributed by atoms with Gasteiger partial charge in [0.1, 0.15) is 12.4 Å². The lowest BCUT2D eigenvalue weighted by atomic mass is 9.55. The zero-order chi connectivity index (χ0) is 28.2. The number of hydrogen-bond donors (Lipinski definition) is 0. The first-order chi connectivity index (χ1) is 19.9. The Morgan fingerprint density at radius 1 is 0.829 bits per heavy atom. The maximum absolute atomic E-state index is 13.7. The van der Waals surface area contributed by atoms with Crippen molar-refractivity contribution in [3.05, 3.63) is 139 Å². The molecule has 3 aliphatic carbocycles. The summed E-state index contributed by atoms with van der Waals surface area (Å²) in [5.41, 5.74) is 5.99. The molecule has 1 aliphatic heterocycles. The molecule has 8 nitrogen and oxygen atoms in total. The molecule has 2 atom stereocenters. The zero-order valence-electron chi connectivity index (χ0n) is 21.5. The van der Waals surface area contributed by atoms with E-state index in [1.807, 2.05) is 24.3 Å². The van der Waals surface area contributed by atoms with Crippen LogP contribution in [-0.2, 0) is 16.2 Å². The molecular formula is C32H22BrN3O5. The number of non-ortho nitro benzene ring substituents is 1. The van der Waals surface area contributed by atoms with Gasteiger partial charge in [0.15, 0.2) is 0 Å². The van der Waals surface area contributed by atoms with Crippen molar-refractivity contribution >= 4 is 39.6 Å². The van der Waals surface area contributed by atoms with Gasteiger partial charge in [-0.15, -0.1) is 0 Å². The van der Waals surface area contributed by atoms with Crippen LogP contribution in [0.5, 0.6) is 5.75 Å². The smallest absolute Gasteiger partial charge is 0.269 e. The first-order valence-electron chi connectivity index (χ1n) is 13.2. The zero-order valence-corrected chi connectivity index (χ0v) is 23.1. The standard InChI is InChI=1S/C32H22BrN3O5/c33-25-15-19(11-14-26(25)41-17-18-9-12-20(13-10-18)36(39)40)16-34-35-31(37)29-27-21-5-1-2-6-22(21)28(30(29)32(35)38)24-8-4-3-7-23(24)27/h1-16,27-30H,17H2/b34-16-/t27?,28?,29-,30-/m0/s1. The molecule has 4 aromatic carbocycles. The highest BCUT2D eigenvalue weighted by Gasteiger charge is 2.61. The van der Waals surface area contributed by atoms with Crippen LogP contribution in [0.4, 0.5) is 5.69 Å². The van der Waals surface area contributed by atoms with Gasteiger partial charge in [0, 0.05) is 24.0 Å². The van der Waals surface area contributed by atoms with Crippen molar-refractivity contribution in [3.63, 3.8) is 0 Å². The summed E-state index contributed by atoms with van der Waals surface area (Å²) in [6, 6.07) is 27.8. The molecule has 0 radical (unpaired) electrons. The van der Waals surface area contributed by atoms with Crippen molar-refractivity contribution in [2.45, 2.75) is 18.4 Å². The quantitative estimate of drug-likeness (QED) is 0.113. The first-order valence-corrected chi connectivity index (χ1v) is 14.0. The topological polar surface area (TPSA) is 102 Å². The third-order valence-electron chi connectivity index (χ3n) is 8.24. The predicted octanol–water partition coefficient (Wildman–Crippen LogP) is 6.16. The summed E-state index contributed by atoms with van der Waals surface area (Å²) in [6.45, 7) is 0.233. The highest BCUT2D eigenvalue weighted by Crippen LogP contribution is 2.60. The van der Waals surface area contributed by atoms with Crippen LogP contribution in [0, 0.1) is 22.0 Å². The second-order valence-electron chi connectivity index (χ2n) is 10.4. The van der Waals surface area contributed by atoms with Crippen LogP contribution in [0.3, 0.4) is 0 Å². The molecule has 9 heteroatoms. The van der Waals surface area contributed by atoms with Crippen molar-refractivity contribution in [2.75, 3.05) is 0 Å². The Balaban J connectivity index is 1.11. The average Bonchev–Trinajstić information content (AvgIpc) is 3.25. The van der Waals surface area contributed by atoms with Crippen LogP contribution in [0.25, 0.3) is 0 Å². The predicted molar refractivity (Wildman–Crippen MR) is 155 cm³/mol. The van der Waals surface area contributed by atoms with Crippen molar-refractivity contribution in [2.24, 2.45) is 16.9 Å². The molecule has 0 saturated carbocycles. The van der Waals surface area contributed by atoms with Gasteiger partial charge in [-0.1, -0.05) is 48.5 Å². The minimum Gasteiger partial charge on any atom is -0.488 e. The number of carbonyl (C=O) groups is 2. The Morgan fingerprint density at radius 2 is 1.37 bits per heavy atom. The van der Waals surface area contributed by atoms with Gasteiger partial charge in [0.05, 0.1) is 27.4 Å². The van der Waals surface area contributed by atoms with E-state index in [4.69, 9.17) is 4.74 Å². The number of amides is 2. The second-order valence-corrected chi connectivity index (χ2v) is 11.3. The van der Waals surface area contributed by atoms with E-state index in [-0.39, 0.29) is 35.9 Å². The fourth-order valence-electron chi connectivity index (χ4n) is 6.49. The van der Waals surface area contributed by atoms with Crippen molar-refractivity contribution in [1.29, 1.82) is 0 Å². The molecule has 2 amide bonds. The molecule has 0 spiro atoms. The van der Waals surface area contributed by atoms with E-state index in [1.54, 1.807) is 30.3 Å². The van der Waals surface area contributed by atoms with Gasteiger partial charge in [-0.25, -0.2) is 0 Å². The Bertz CT molecular complexity index is 1650. The minimum atomic E-state index is -0.476. The molecule has 4 aromatic rings. The summed E-state index contributed by atoms with van der Waals surface area (Å²) in [7, 11) is 0. The Labute approximate surface area is 243 Å². The Hall–Kier alpha value is -4.63. The van der Waals surface area contributed by atoms with E-state index in [0.29, 0.717) is 15.8 Å². The lowest BCUT2D eigenvalue weighted by molar-refractivity contribution is -0.384. The van der Waals surface area contributed by atoms with Gasteiger partial charge in [0.2, 0.25) is 0 Å². The molecule has 8 rings (SSSR count). The molecule has 202 valence electrons. The number of nitrogens with zero attached hydrogens (tertiary/aromatic N) is 3. The van der Waals surface area contributed by atoms with Gasteiger partial charge >= 0.3 is 0 Å². The number of nitro groups is 1. The largest absolute Gasteiger partial charge is 0.488 e. The maximum Gasteiger partial charge on any atom is 0.269 e. The summed E-state index contributed by atoms with van der Waals surface area (Å²) < 4.78 is 6.53. The number of hydrazone groups is 1. The number of nitro benzene ring substituents is 1. The molecule has 41 heavy (non-hydrogen) atoms. The number of carbonyl (C=O) groups excluding carboxylic acids is 2. The number of benzene rings is 4. The normalized spacial score (nSPS) is 22.0. The Kier molecular flexibility index (Phi) is 6.04. The summed E-state index contributed by atoms with van der Waals surface area (Å²) in [5, 5.41) is 16.3. The van der Waals surface area contributed by atoms with Gasteiger partial charge in [-0.3, -0.25) is 19.7 Å². The number of ether oxygens (including phenoxy) is 1. The van der Waals surface area contributed by atoms with E-state index in [0.717, 1.165) is 32.8 Å². The Morgan fingerprint density at radius 3 is 1.85 bits per heavy atom. The molecular weight excluding hydrogens is 586 g/mol. The first kappa shape index (κ1) is 25.3. The van der Waals surface area contributed by atoms with Crippen LogP contribution in [-0.4, -0.2) is 28.0 Å². The highest BCUT2D eigenvalue weighted by atomic mass is 79.9. The molecule has 2 bridgehead atoms. The third kappa shape index (κ3) is 4.07. The van der Waals surface area contributed by atoms with E-state index in [2.05, 4.69) is 45.3 Å². The molecule has 0 unspecified atom stereocenters. The maximum atomic E-state index is 13.7. The molecule has 0 N–H and O–H groups in total. The fourth-order valence-corrected chi connectivity index (χ4v) is 7.00. The molecule has 1 heterocycles. The summed E-state index contributed by atoms with van der Waals surface area (Å²) in [6.07, 6.45) is 1.51. The number of hydrogen-bond acceptors (Lipinski definition) is 6. The van der Waals surface area contributed by atoms with Crippen LogP contribution in [0.15, 0.2) is 101 Å². The summed E-state index contributed by atoms with van der Waals surface area (Å²) >= 11 is 3.51. The van der Waals surface area contributed by atoms with E-state index in [1.165, 1.54) is 18.3 Å². The van der Waals surface area contributed by atoms with Gasteiger partial charge in [-0.2, -0.15) is 10.1 Å². The number of halogens is 1. The number of rotatable bonds is 6. The van der Waals surface area contributed by atoms with Crippen molar-refractivity contribution < 1.29 is 19.2 Å². The van der Waals surface area contributed by atoms with Crippen LogP contribution in [0.2, 0.25) is 0 Å². The lowest BCUT2D eigenvalue weighted by Gasteiger charge is -2.45. The summed E-state index contributed by atoms with van der Waals surface area (Å²) in [5.74, 6) is -1.25. The SMILES string of the molecule is O=C1[C@H]2C3c4ccccc4C(c4ccccc43)[C@@H]2C(=O)N1/N=C\c1ccc(OCc2ccc([N+](=O)[O-])cc2)c(Br)c1. The van der Waals surface area contributed by atoms with Crippen LogP contribution in [0.1, 0.15) is 45.2 Å². The van der Waals surface area contributed by atoms with Crippen LogP contribution >= 0.6 is 15.9 Å². The highest BCUT2D eigenvalue weighted by molar-refractivity contribution is 9.10. The van der Waals surface area contributed by atoms with Gasteiger partial charge in [0.25, 0.3) is 17.5 Å². The van der Waals surface area contributed by atoms with E-state index in [9.17, 15) is 19.7 Å². The van der Waals surface area contributed by atoms with E-state index >= 15 is 0 Å². The van der Waals surface area contributed by atoms with Crippen LogP contribution < -0.4 is 4.74 Å². The molecule has 1 fully saturated rings. The van der Waals surface area contributed by atoms with Gasteiger partial charge in [-0.05, 0) is 79.6 Å². The van der Waals surface area contributed by atoms with Gasteiger partial charge < -0.3 is 4.74 Å². The molecule has 4 aliphatic rings. The number of imide groups is 1.